The minimum Gasteiger partial charge on any atom is -0.481 e. The quantitative estimate of drug-likeness (QED) is 0.526. The highest BCUT2D eigenvalue weighted by atomic mass is 35.5. The number of H-pyrrole nitrogens is 1. The van der Waals surface area contributed by atoms with Gasteiger partial charge in [-0.2, -0.15) is 0 Å². The Morgan fingerprint density at radius 2 is 1.91 bits per heavy atom. The Hall–Kier alpha value is -2.81. The Labute approximate surface area is 188 Å². The first kappa shape index (κ1) is 21.1. The van der Waals surface area contributed by atoms with Crippen molar-refractivity contribution in [3.8, 4) is 11.4 Å². The molecule has 7 nitrogen and oxygen atoms in total. The third-order valence-electron chi connectivity index (χ3n) is 7.38. The lowest BCUT2D eigenvalue weighted by atomic mass is 9.47. The average molecular weight is 462 g/mol. The molecule has 0 spiro atoms. The molecule has 0 aliphatic heterocycles. The van der Waals surface area contributed by atoms with Crippen LogP contribution in [0.4, 0.5) is 14.6 Å². The fraction of sp³-hybridized carbons (Fsp3) is 0.455. The topological polar surface area (TPSA) is 104 Å². The number of hydrogen-bond donors (Lipinski definition) is 3. The normalized spacial score (nSPS) is 30.3. The van der Waals surface area contributed by atoms with E-state index in [9.17, 15) is 18.7 Å². The number of nitrogens with zero attached hydrogens (tertiary/aromatic N) is 3. The SMILES string of the molecule is Cl.O=C(O)C12CC3CC(CC(Nc4nc(-c5c[nH]c6ncc(F)cc56)ncc4F)(C3)C1)C2. The van der Waals surface area contributed by atoms with Crippen LogP contribution in [0.25, 0.3) is 22.4 Å². The van der Waals surface area contributed by atoms with Crippen LogP contribution >= 0.6 is 12.4 Å². The minimum atomic E-state index is -0.745. The van der Waals surface area contributed by atoms with Crippen molar-refractivity contribution in [2.75, 3.05) is 5.32 Å². The van der Waals surface area contributed by atoms with Crippen LogP contribution < -0.4 is 5.32 Å². The maximum Gasteiger partial charge on any atom is 0.309 e. The number of carbonyl (C=O) groups is 1. The van der Waals surface area contributed by atoms with E-state index in [4.69, 9.17) is 0 Å². The van der Waals surface area contributed by atoms with Crippen molar-refractivity contribution in [1.82, 2.24) is 19.9 Å². The molecule has 4 bridgehead atoms. The van der Waals surface area contributed by atoms with Crippen LogP contribution in [-0.2, 0) is 4.79 Å². The fourth-order valence-electron chi connectivity index (χ4n) is 6.66. The molecule has 10 heteroatoms. The van der Waals surface area contributed by atoms with Gasteiger partial charge in [-0.3, -0.25) is 4.79 Å². The number of halogens is 3. The number of anilines is 1. The first-order chi connectivity index (χ1) is 14.8. The number of carboxylic acids is 1. The van der Waals surface area contributed by atoms with Crippen LogP contribution in [0.3, 0.4) is 0 Å². The molecule has 4 aliphatic rings. The number of aromatic amines is 1. The maximum atomic E-state index is 14.7. The van der Waals surface area contributed by atoms with E-state index >= 15 is 0 Å². The summed E-state index contributed by atoms with van der Waals surface area (Å²) in [5.41, 5.74) is -0.201. The molecule has 4 fully saturated rings. The Kier molecular flexibility index (Phi) is 4.67. The second-order valence-corrected chi connectivity index (χ2v) is 9.59. The molecule has 7 rings (SSSR count). The van der Waals surface area contributed by atoms with E-state index in [-0.39, 0.29) is 24.0 Å². The molecule has 2 atom stereocenters. The molecule has 0 aromatic carbocycles. The third kappa shape index (κ3) is 3.13. The lowest BCUT2D eigenvalue weighted by Crippen LogP contribution is -2.61. The van der Waals surface area contributed by atoms with E-state index in [1.807, 2.05) is 0 Å². The molecule has 3 aromatic heterocycles. The standard InChI is InChI=1S/C22H21F2N5O2.ClH/c23-13-2-14-15(8-26-17(14)25-7-13)18-27-9-16(24)19(28-18)29-22-5-11-1-12(6-22)4-21(3-11,10-22)20(30)31;/h2,7-9,11-12H,1,3-6,10H2,(H,25,26)(H,30,31)(H,27,28,29);1H. The lowest BCUT2D eigenvalue weighted by molar-refractivity contribution is -0.165. The zero-order chi connectivity index (χ0) is 21.4. The Morgan fingerprint density at radius 1 is 1.16 bits per heavy atom. The second kappa shape index (κ2) is 7.10. The molecule has 4 aliphatic carbocycles. The van der Waals surface area contributed by atoms with Gasteiger partial charge in [0.25, 0.3) is 0 Å². The number of aromatic nitrogens is 4. The van der Waals surface area contributed by atoms with Gasteiger partial charge in [0, 0.05) is 22.7 Å². The van der Waals surface area contributed by atoms with Crippen LogP contribution in [0, 0.1) is 28.9 Å². The fourth-order valence-corrected chi connectivity index (χ4v) is 6.66. The summed E-state index contributed by atoms with van der Waals surface area (Å²) < 4.78 is 28.5. The number of hydrogen-bond acceptors (Lipinski definition) is 5. The Bertz CT molecular complexity index is 1220. The molecular weight excluding hydrogens is 440 g/mol. The molecule has 32 heavy (non-hydrogen) atoms. The predicted octanol–water partition coefficient (Wildman–Crippen LogP) is 4.56. The molecule has 168 valence electrons. The van der Waals surface area contributed by atoms with Gasteiger partial charge in [0.1, 0.15) is 11.5 Å². The van der Waals surface area contributed by atoms with Gasteiger partial charge >= 0.3 is 5.97 Å². The summed E-state index contributed by atoms with van der Waals surface area (Å²) in [5, 5.41) is 13.8. The molecule has 2 unspecified atom stereocenters. The number of carboxylic acid groups (broad SMARTS) is 1. The van der Waals surface area contributed by atoms with Gasteiger partial charge in [0.05, 0.1) is 17.8 Å². The number of aliphatic carboxylic acids is 1. The first-order valence-corrected chi connectivity index (χ1v) is 10.5. The molecule has 3 heterocycles. The number of rotatable bonds is 4. The van der Waals surface area contributed by atoms with Gasteiger partial charge < -0.3 is 15.4 Å². The van der Waals surface area contributed by atoms with E-state index in [2.05, 4.69) is 25.3 Å². The summed E-state index contributed by atoms with van der Waals surface area (Å²) in [4.78, 5) is 27.6. The number of fused-ring (bicyclic) bond motifs is 1. The van der Waals surface area contributed by atoms with E-state index in [0.29, 0.717) is 47.7 Å². The number of nitrogens with one attached hydrogen (secondary N) is 2. The van der Waals surface area contributed by atoms with Gasteiger partial charge in [0.2, 0.25) is 0 Å². The van der Waals surface area contributed by atoms with Crippen molar-refractivity contribution in [2.24, 2.45) is 17.3 Å². The highest BCUT2D eigenvalue weighted by Crippen LogP contribution is 2.62. The number of pyridine rings is 1. The molecule has 3 aromatic rings. The highest BCUT2D eigenvalue weighted by Gasteiger charge is 2.61. The molecule has 3 N–H and O–H groups in total. The minimum absolute atomic E-state index is 0. The van der Waals surface area contributed by atoms with E-state index in [1.165, 1.54) is 6.07 Å². The van der Waals surface area contributed by atoms with Gasteiger partial charge in [-0.05, 0) is 56.4 Å². The maximum absolute atomic E-state index is 14.7. The summed E-state index contributed by atoms with van der Waals surface area (Å²) in [6, 6.07) is 1.34. The van der Waals surface area contributed by atoms with Crippen molar-refractivity contribution >= 4 is 35.2 Å². The smallest absolute Gasteiger partial charge is 0.309 e. The Balaban J connectivity index is 0.00000216. The van der Waals surface area contributed by atoms with Crippen LogP contribution in [0.15, 0.2) is 24.7 Å². The highest BCUT2D eigenvalue weighted by molar-refractivity contribution is 5.91. The average Bonchev–Trinajstić information content (AvgIpc) is 3.11. The van der Waals surface area contributed by atoms with Gasteiger partial charge in [-0.1, -0.05) is 0 Å². The molecular formula is C22H22ClF2N5O2. The van der Waals surface area contributed by atoms with Crippen LogP contribution in [0.5, 0.6) is 0 Å². The monoisotopic (exact) mass is 461 g/mol. The van der Waals surface area contributed by atoms with E-state index in [0.717, 1.165) is 31.7 Å². The third-order valence-corrected chi connectivity index (χ3v) is 7.38. The van der Waals surface area contributed by atoms with Gasteiger partial charge in [0.15, 0.2) is 17.5 Å². The van der Waals surface area contributed by atoms with Crippen molar-refractivity contribution in [1.29, 1.82) is 0 Å². The summed E-state index contributed by atoms with van der Waals surface area (Å²) in [7, 11) is 0. The molecule has 4 saturated carbocycles. The molecule has 0 saturated heterocycles. The van der Waals surface area contributed by atoms with Crippen LogP contribution in [0.2, 0.25) is 0 Å². The van der Waals surface area contributed by atoms with Crippen molar-refractivity contribution < 1.29 is 18.7 Å². The van der Waals surface area contributed by atoms with E-state index in [1.54, 1.807) is 6.20 Å². The largest absolute Gasteiger partial charge is 0.481 e. The molecule has 0 amide bonds. The van der Waals surface area contributed by atoms with Crippen molar-refractivity contribution in [3.63, 3.8) is 0 Å². The van der Waals surface area contributed by atoms with Crippen molar-refractivity contribution in [3.05, 3.63) is 36.3 Å². The zero-order valence-corrected chi connectivity index (χ0v) is 17.9. The lowest BCUT2D eigenvalue weighted by Gasteiger charge is -2.60. The summed E-state index contributed by atoms with van der Waals surface area (Å²) in [6.07, 6.45) is 8.40. The van der Waals surface area contributed by atoms with E-state index < -0.39 is 28.6 Å². The summed E-state index contributed by atoms with van der Waals surface area (Å²) in [5.74, 6) is -0.848. The van der Waals surface area contributed by atoms with Crippen LogP contribution in [0.1, 0.15) is 38.5 Å². The van der Waals surface area contributed by atoms with Gasteiger partial charge in [-0.25, -0.2) is 23.7 Å². The predicted molar refractivity (Wildman–Crippen MR) is 115 cm³/mol. The molecule has 0 radical (unpaired) electrons. The second-order valence-electron chi connectivity index (χ2n) is 9.59. The first-order valence-electron chi connectivity index (χ1n) is 10.5. The summed E-state index contributed by atoms with van der Waals surface area (Å²) >= 11 is 0. The summed E-state index contributed by atoms with van der Waals surface area (Å²) in [6.45, 7) is 0. The Morgan fingerprint density at radius 3 is 2.62 bits per heavy atom. The van der Waals surface area contributed by atoms with Crippen molar-refractivity contribution in [2.45, 2.75) is 44.1 Å². The van der Waals surface area contributed by atoms with Crippen LogP contribution in [-0.4, -0.2) is 36.6 Å². The van der Waals surface area contributed by atoms with Gasteiger partial charge in [-0.15, -0.1) is 12.4 Å². The zero-order valence-electron chi connectivity index (χ0n) is 17.1.